The van der Waals surface area contributed by atoms with Crippen molar-refractivity contribution >= 4 is 34.6 Å². The second kappa shape index (κ2) is 6.26. The third-order valence-electron chi connectivity index (χ3n) is 5.60. The van der Waals surface area contributed by atoms with Crippen molar-refractivity contribution in [2.75, 3.05) is 11.9 Å². The Kier molecular flexibility index (Phi) is 4.01. The normalized spacial score (nSPS) is 25.2. The molecule has 2 heterocycles. The van der Waals surface area contributed by atoms with Gasteiger partial charge in [0, 0.05) is 5.69 Å². The molecular formula is C18H21N5O4. The molecule has 1 saturated heterocycles. The van der Waals surface area contributed by atoms with Crippen LogP contribution in [0.15, 0.2) is 23.0 Å². The number of aromatic amines is 2. The molecule has 142 valence electrons. The lowest BCUT2D eigenvalue weighted by atomic mass is 9.73. The molecule has 0 unspecified atom stereocenters. The van der Waals surface area contributed by atoms with Crippen LogP contribution in [0.2, 0.25) is 0 Å². The number of nitrogens with zero attached hydrogens (tertiary/aromatic N) is 1. The van der Waals surface area contributed by atoms with Gasteiger partial charge in [-0.1, -0.05) is 19.8 Å². The van der Waals surface area contributed by atoms with E-state index in [2.05, 4.69) is 20.6 Å². The molecule has 2 aliphatic rings. The zero-order valence-corrected chi connectivity index (χ0v) is 14.9. The van der Waals surface area contributed by atoms with E-state index in [1.807, 2.05) is 6.92 Å². The number of fused-ring (bicyclic) bond motifs is 1. The van der Waals surface area contributed by atoms with Gasteiger partial charge in [-0.05, 0) is 37.0 Å². The first kappa shape index (κ1) is 17.3. The summed E-state index contributed by atoms with van der Waals surface area (Å²) < 4.78 is 0. The van der Waals surface area contributed by atoms with Crippen molar-refractivity contribution in [3.63, 3.8) is 0 Å². The number of amides is 4. The third kappa shape index (κ3) is 2.88. The minimum absolute atomic E-state index is 0.0450. The van der Waals surface area contributed by atoms with Gasteiger partial charge in [-0.2, -0.15) is 0 Å². The smallest absolute Gasteiger partial charge is 0.324 e. The highest BCUT2D eigenvalue weighted by molar-refractivity contribution is 6.10. The summed E-state index contributed by atoms with van der Waals surface area (Å²) in [6, 6.07) is 4.40. The average molecular weight is 371 g/mol. The van der Waals surface area contributed by atoms with Crippen LogP contribution in [-0.2, 0) is 9.59 Å². The molecule has 4 amide bonds. The molecule has 0 radical (unpaired) electrons. The zero-order chi connectivity index (χ0) is 19.2. The van der Waals surface area contributed by atoms with E-state index in [1.165, 1.54) is 0 Å². The van der Waals surface area contributed by atoms with Gasteiger partial charge in [0.25, 0.3) is 5.91 Å². The molecule has 27 heavy (non-hydrogen) atoms. The van der Waals surface area contributed by atoms with Gasteiger partial charge < -0.3 is 20.6 Å². The highest BCUT2D eigenvalue weighted by Gasteiger charge is 2.55. The molecule has 4 N–H and O–H groups in total. The molecule has 4 rings (SSSR count). The highest BCUT2D eigenvalue weighted by Crippen LogP contribution is 2.38. The SMILES string of the molecule is C[C@@H]1CCCC[C@]12NC(=O)N(CC(=O)Nc1ccc3[nH]c(=O)[nH]c3c1)C2=O. The lowest BCUT2D eigenvalue weighted by Gasteiger charge is -2.36. The Morgan fingerprint density at radius 3 is 2.78 bits per heavy atom. The van der Waals surface area contributed by atoms with Crippen LogP contribution in [0.25, 0.3) is 11.0 Å². The van der Waals surface area contributed by atoms with E-state index in [0.717, 1.165) is 24.2 Å². The van der Waals surface area contributed by atoms with Gasteiger partial charge >= 0.3 is 11.7 Å². The first-order valence-corrected chi connectivity index (χ1v) is 9.05. The van der Waals surface area contributed by atoms with Gasteiger partial charge in [-0.25, -0.2) is 9.59 Å². The number of hydrogen-bond acceptors (Lipinski definition) is 4. The molecule has 0 bridgehead atoms. The summed E-state index contributed by atoms with van der Waals surface area (Å²) in [4.78, 5) is 55.1. The summed E-state index contributed by atoms with van der Waals surface area (Å²) in [5, 5.41) is 5.49. The Hall–Kier alpha value is -3.10. The molecule has 1 saturated carbocycles. The molecule has 9 heteroatoms. The van der Waals surface area contributed by atoms with Gasteiger partial charge in [0.2, 0.25) is 5.91 Å². The van der Waals surface area contributed by atoms with Crippen molar-refractivity contribution in [2.24, 2.45) is 5.92 Å². The van der Waals surface area contributed by atoms with Crippen molar-refractivity contribution < 1.29 is 14.4 Å². The number of urea groups is 1. The first-order chi connectivity index (χ1) is 12.9. The standard InChI is InChI=1S/C18H21N5O4/c1-10-4-2-3-7-18(10)15(25)23(17(27)22-18)9-14(24)19-11-5-6-12-13(8-11)21-16(26)20-12/h5-6,8,10H,2-4,7,9H2,1H3,(H,19,24)(H,22,27)(H2,20,21,26)/t10-,18+/m1/s1. The minimum atomic E-state index is -0.876. The number of H-pyrrole nitrogens is 2. The van der Waals surface area contributed by atoms with Gasteiger partial charge in [0.15, 0.2) is 0 Å². The van der Waals surface area contributed by atoms with Gasteiger partial charge in [-0.3, -0.25) is 14.5 Å². The Balaban J connectivity index is 1.47. The fourth-order valence-electron chi connectivity index (χ4n) is 4.09. The van der Waals surface area contributed by atoms with Gasteiger partial charge in [-0.15, -0.1) is 0 Å². The van der Waals surface area contributed by atoms with Crippen molar-refractivity contribution in [1.82, 2.24) is 20.2 Å². The summed E-state index contributed by atoms with van der Waals surface area (Å²) >= 11 is 0. The summed E-state index contributed by atoms with van der Waals surface area (Å²) in [5.41, 5.74) is 0.442. The van der Waals surface area contributed by atoms with Crippen molar-refractivity contribution in [3.05, 3.63) is 28.7 Å². The molecular weight excluding hydrogens is 350 g/mol. The maximum atomic E-state index is 12.9. The van der Waals surface area contributed by atoms with Crippen LogP contribution in [0.3, 0.4) is 0 Å². The Bertz CT molecular complexity index is 993. The number of rotatable bonds is 3. The molecule has 1 aliphatic heterocycles. The second-order valence-electron chi connectivity index (χ2n) is 7.33. The van der Waals surface area contributed by atoms with Crippen molar-refractivity contribution in [1.29, 1.82) is 0 Å². The lowest BCUT2D eigenvalue weighted by Crippen LogP contribution is -2.54. The number of hydrogen-bond donors (Lipinski definition) is 4. The summed E-state index contributed by atoms with van der Waals surface area (Å²) in [6.07, 6.45) is 3.40. The van der Waals surface area contributed by atoms with E-state index in [1.54, 1.807) is 18.2 Å². The molecule has 9 nitrogen and oxygen atoms in total. The number of anilines is 1. The molecule has 2 aromatic rings. The second-order valence-corrected chi connectivity index (χ2v) is 7.33. The summed E-state index contributed by atoms with van der Waals surface area (Å²) in [6.45, 7) is 1.62. The average Bonchev–Trinajstić information content (AvgIpc) is 3.10. The maximum Gasteiger partial charge on any atom is 0.325 e. The summed E-state index contributed by atoms with van der Waals surface area (Å²) in [5.74, 6) is -0.750. The lowest BCUT2D eigenvalue weighted by molar-refractivity contribution is -0.136. The van der Waals surface area contributed by atoms with Crippen molar-refractivity contribution in [3.8, 4) is 0 Å². The predicted octanol–water partition coefficient (Wildman–Crippen LogP) is 1.30. The molecule has 1 aromatic carbocycles. The van der Waals surface area contributed by atoms with Gasteiger partial charge in [0.1, 0.15) is 12.1 Å². The molecule has 2 atom stereocenters. The van der Waals surface area contributed by atoms with Crippen LogP contribution in [-0.4, -0.2) is 44.8 Å². The van der Waals surface area contributed by atoms with Crippen LogP contribution < -0.4 is 16.3 Å². The fourth-order valence-corrected chi connectivity index (χ4v) is 4.09. The molecule has 2 fully saturated rings. The van der Waals surface area contributed by atoms with Crippen LogP contribution in [0.4, 0.5) is 10.5 Å². The van der Waals surface area contributed by atoms with Crippen LogP contribution in [0.5, 0.6) is 0 Å². The third-order valence-corrected chi connectivity index (χ3v) is 5.60. The van der Waals surface area contributed by atoms with Crippen LogP contribution in [0.1, 0.15) is 32.6 Å². The molecule has 1 aromatic heterocycles. The van der Waals surface area contributed by atoms with E-state index >= 15 is 0 Å². The number of carbonyl (C=O) groups excluding carboxylic acids is 3. The predicted molar refractivity (Wildman–Crippen MR) is 98.2 cm³/mol. The van der Waals surface area contributed by atoms with E-state index in [0.29, 0.717) is 23.1 Å². The Morgan fingerprint density at radius 1 is 1.22 bits per heavy atom. The number of imidazole rings is 1. The largest absolute Gasteiger partial charge is 0.325 e. The van der Waals surface area contributed by atoms with E-state index < -0.39 is 17.5 Å². The maximum absolute atomic E-state index is 12.9. The number of carbonyl (C=O) groups is 3. The quantitative estimate of drug-likeness (QED) is 0.606. The fraction of sp³-hybridized carbons (Fsp3) is 0.444. The Labute approximate surface area is 154 Å². The number of benzene rings is 1. The first-order valence-electron chi connectivity index (χ1n) is 9.05. The highest BCUT2D eigenvalue weighted by atomic mass is 16.2. The van der Waals surface area contributed by atoms with Gasteiger partial charge in [0.05, 0.1) is 11.0 Å². The van der Waals surface area contributed by atoms with Crippen molar-refractivity contribution in [2.45, 2.75) is 38.1 Å². The summed E-state index contributed by atoms with van der Waals surface area (Å²) in [7, 11) is 0. The van der Waals surface area contributed by atoms with E-state index in [4.69, 9.17) is 0 Å². The minimum Gasteiger partial charge on any atom is -0.324 e. The Morgan fingerprint density at radius 2 is 2.00 bits per heavy atom. The molecule has 1 aliphatic carbocycles. The zero-order valence-electron chi connectivity index (χ0n) is 14.9. The van der Waals surface area contributed by atoms with E-state index in [9.17, 15) is 19.2 Å². The van der Waals surface area contributed by atoms with Crippen LogP contribution >= 0.6 is 0 Å². The monoisotopic (exact) mass is 371 g/mol. The number of nitrogens with one attached hydrogen (secondary N) is 4. The van der Waals surface area contributed by atoms with Crippen LogP contribution in [0, 0.1) is 5.92 Å². The number of aromatic nitrogens is 2. The topological polar surface area (TPSA) is 127 Å². The van der Waals surface area contributed by atoms with E-state index in [-0.39, 0.29) is 24.1 Å². The molecule has 1 spiro atoms. The number of imide groups is 1.